The van der Waals surface area contributed by atoms with E-state index in [9.17, 15) is 0 Å². The first-order chi connectivity index (χ1) is 9.97. The summed E-state index contributed by atoms with van der Waals surface area (Å²) in [5.41, 5.74) is 4.43. The van der Waals surface area contributed by atoms with Crippen LogP contribution in [0.1, 0.15) is 29.7 Å². The topological polar surface area (TPSA) is 24.1 Å². The average molecular weight is 319 g/mol. The minimum atomic E-state index is 0.145. The second kappa shape index (κ2) is 6.92. The molecule has 0 aliphatic heterocycles. The van der Waals surface area contributed by atoms with E-state index in [4.69, 9.17) is 23.8 Å². The molecule has 110 valence electrons. The number of rotatable bonds is 3. The van der Waals surface area contributed by atoms with Crippen LogP contribution in [-0.2, 0) is 0 Å². The maximum absolute atomic E-state index is 6.12. The summed E-state index contributed by atoms with van der Waals surface area (Å²) in [7, 11) is 0. The third-order valence-electron chi connectivity index (χ3n) is 3.43. The zero-order valence-electron chi connectivity index (χ0n) is 12.4. The minimum Gasteiger partial charge on any atom is -0.356 e. The monoisotopic (exact) mass is 318 g/mol. The van der Waals surface area contributed by atoms with Crippen molar-refractivity contribution in [1.29, 1.82) is 0 Å². The Balaban J connectivity index is 2.01. The van der Waals surface area contributed by atoms with E-state index in [0.717, 1.165) is 16.3 Å². The summed E-state index contributed by atoms with van der Waals surface area (Å²) in [6.45, 7) is 6.17. The van der Waals surface area contributed by atoms with Crippen LogP contribution < -0.4 is 10.6 Å². The van der Waals surface area contributed by atoms with E-state index in [0.29, 0.717) is 5.11 Å². The van der Waals surface area contributed by atoms with E-state index in [2.05, 4.69) is 36.6 Å². The van der Waals surface area contributed by atoms with Crippen molar-refractivity contribution in [3.63, 3.8) is 0 Å². The lowest BCUT2D eigenvalue weighted by Gasteiger charge is -2.19. The molecular formula is C17H19ClN2S. The van der Waals surface area contributed by atoms with Gasteiger partial charge in [-0.05, 0) is 61.8 Å². The van der Waals surface area contributed by atoms with Gasteiger partial charge in [-0.15, -0.1) is 0 Å². The van der Waals surface area contributed by atoms with E-state index in [1.807, 2.05) is 37.3 Å². The second-order valence-corrected chi connectivity index (χ2v) is 5.96. The van der Waals surface area contributed by atoms with Crippen molar-refractivity contribution in [2.75, 3.05) is 5.32 Å². The zero-order chi connectivity index (χ0) is 15.4. The highest BCUT2D eigenvalue weighted by molar-refractivity contribution is 7.80. The van der Waals surface area contributed by atoms with E-state index >= 15 is 0 Å². The molecule has 2 rings (SSSR count). The van der Waals surface area contributed by atoms with Crippen molar-refractivity contribution in [2.24, 2.45) is 0 Å². The van der Waals surface area contributed by atoms with Gasteiger partial charge in [-0.25, -0.2) is 0 Å². The Hall–Kier alpha value is -1.58. The van der Waals surface area contributed by atoms with Gasteiger partial charge >= 0.3 is 0 Å². The molecule has 2 N–H and O–H groups in total. The van der Waals surface area contributed by atoms with Crippen molar-refractivity contribution in [2.45, 2.75) is 26.8 Å². The maximum atomic E-state index is 6.12. The van der Waals surface area contributed by atoms with E-state index in [-0.39, 0.29) is 6.04 Å². The highest BCUT2D eigenvalue weighted by Gasteiger charge is 2.09. The maximum Gasteiger partial charge on any atom is 0.171 e. The lowest BCUT2D eigenvalue weighted by atomic mass is 10.0. The predicted molar refractivity (Wildman–Crippen MR) is 95.1 cm³/mol. The number of anilines is 1. The second-order valence-electron chi connectivity index (χ2n) is 5.14. The minimum absolute atomic E-state index is 0.145. The summed E-state index contributed by atoms with van der Waals surface area (Å²) in [5, 5.41) is 7.78. The van der Waals surface area contributed by atoms with E-state index < -0.39 is 0 Å². The molecule has 0 heterocycles. The van der Waals surface area contributed by atoms with Crippen LogP contribution in [0.15, 0.2) is 42.5 Å². The molecule has 2 aromatic carbocycles. The Morgan fingerprint density at radius 2 is 1.81 bits per heavy atom. The van der Waals surface area contributed by atoms with Gasteiger partial charge in [0.25, 0.3) is 0 Å². The number of hydrogen-bond donors (Lipinski definition) is 2. The molecular weight excluding hydrogens is 300 g/mol. The van der Waals surface area contributed by atoms with Gasteiger partial charge in [0, 0.05) is 10.7 Å². The van der Waals surface area contributed by atoms with Crippen LogP contribution in [0.2, 0.25) is 5.02 Å². The van der Waals surface area contributed by atoms with Crippen LogP contribution in [0, 0.1) is 13.8 Å². The highest BCUT2D eigenvalue weighted by atomic mass is 35.5. The fourth-order valence-electron chi connectivity index (χ4n) is 2.18. The average Bonchev–Trinajstić information content (AvgIpc) is 2.43. The lowest BCUT2D eigenvalue weighted by molar-refractivity contribution is 0.717. The number of halogens is 1. The molecule has 0 aromatic heterocycles. The smallest absolute Gasteiger partial charge is 0.171 e. The van der Waals surface area contributed by atoms with Crippen molar-refractivity contribution in [3.05, 3.63) is 64.2 Å². The molecule has 0 aliphatic carbocycles. The van der Waals surface area contributed by atoms with Gasteiger partial charge in [0.1, 0.15) is 0 Å². The van der Waals surface area contributed by atoms with Crippen LogP contribution in [0.25, 0.3) is 0 Å². The first-order valence-electron chi connectivity index (χ1n) is 6.86. The lowest BCUT2D eigenvalue weighted by Crippen LogP contribution is -2.31. The van der Waals surface area contributed by atoms with Crippen molar-refractivity contribution in [3.8, 4) is 0 Å². The number of hydrogen-bond acceptors (Lipinski definition) is 1. The number of aryl methyl sites for hydroxylation is 2. The summed E-state index contributed by atoms with van der Waals surface area (Å²) in [5.74, 6) is 0. The summed E-state index contributed by atoms with van der Waals surface area (Å²) in [4.78, 5) is 0. The van der Waals surface area contributed by atoms with Gasteiger partial charge in [-0.1, -0.05) is 41.9 Å². The molecule has 2 nitrogen and oxygen atoms in total. The van der Waals surface area contributed by atoms with Crippen LogP contribution in [-0.4, -0.2) is 5.11 Å². The third kappa shape index (κ3) is 4.19. The molecule has 1 atom stereocenters. The fourth-order valence-corrected chi connectivity index (χ4v) is 2.66. The standard InChI is InChI=1S/C17H19ClN2S/c1-11-6-4-5-7-15(11)13(3)19-17(21)20-14-9-8-12(2)16(18)10-14/h4-10,13H,1-3H3,(H2,19,20,21)/t13-/m1/s1. The van der Waals surface area contributed by atoms with Gasteiger partial charge < -0.3 is 10.6 Å². The normalized spacial score (nSPS) is 11.8. The van der Waals surface area contributed by atoms with Crippen LogP contribution in [0.4, 0.5) is 5.69 Å². The largest absolute Gasteiger partial charge is 0.356 e. The number of nitrogens with one attached hydrogen (secondary N) is 2. The molecule has 0 fully saturated rings. The molecule has 0 bridgehead atoms. The molecule has 0 amide bonds. The highest BCUT2D eigenvalue weighted by Crippen LogP contribution is 2.20. The number of thiocarbonyl (C=S) groups is 1. The molecule has 0 unspecified atom stereocenters. The Morgan fingerprint density at radius 3 is 2.48 bits per heavy atom. The van der Waals surface area contributed by atoms with Crippen molar-refractivity contribution in [1.82, 2.24) is 5.32 Å². The molecule has 2 aromatic rings. The molecule has 0 aliphatic rings. The van der Waals surface area contributed by atoms with Crippen molar-refractivity contribution < 1.29 is 0 Å². The molecule has 0 spiro atoms. The Morgan fingerprint density at radius 1 is 1.10 bits per heavy atom. The molecule has 0 saturated carbocycles. The van der Waals surface area contributed by atoms with E-state index in [1.165, 1.54) is 11.1 Å². The van der Waals surface area contributed by atoms with Gasteiger partial charge in [0.2, 0.25) is 0 Å². The quantitative estimate of drug-likeness (QED) is 0.778. The third-order valence-corrected chi connectivity index (χ3v) is 4.06. The van der Waals surface area contributed by atoms with Gasteiger partial charge in [0.05, 0.1) is 6.04 Å². The zero-order valence-corrected chi connectivity index (χ0v) is 14.0. The summed E-state index contributed by atoms with van der Waals surface area (Å²) in [6.07, 6.45) is 0. The summed E-state index contributed by atoms with van der Waals surface area (Å²) in [6, 6.07) is 14.2. The predicted octanol–water partition coefficient (Wildman–Crippen LogP) is 5.00. The van der Waals surface area contributed by atoms with Gasteiger partial charge in [-0.2, -0.15) is 0 Å². The molecule has 21 heavy (non-hydrogen) atoms. The van der Waals surface area contributed by atoms with Crippen LogP contribution in [0.5, 0.6) is 0 Å². The summed E-state index contributed by atoms with van der Waals surface area (Å²) >= 11 is 11.5. The van der Waals surface area contributed by atoms with Gasteiger partial charge in [-0.3, -0.25) is 0 Å². The first-order valence-corrected chi connectivity index (χ1v) is 7.65. The van der Waals surface area contributed by atoms with Crippen LogP contribution in [0.3, 0.4) is 0 Å². The Labute approximate surface area is 136 Å². The van der Waals surface area contributed by atoms with Crippen molar-refractivity contribution >= 4 is 34.6 Å². The van der Waals surface area contributed by atoms with Crippen LogP contribution >= 0.6 is 23.8 Å². The number of benzene rings is 2. The van der Waals surface area contributed by atoms with E-state index in [1.54, 1.807) is 0 Å². The first kappa shape index (κ1) is 15.8. The SMILES string of the molecule is Cc1ccc(NC(=S)N[C@H](C)c2ccccc2C)cc1Cl. The fraction of sp³-hybridized carbons (Fsp3) is 0.235. The molecule has 0 saturated heterocycles. The Kier molecular flexibility index (Phi) is 5.21. The molecule has 0 radical (unpaired) electrons. The van der Waals surface area contributed by atoms with Gasteiger partial charge in [0.15, 0.2) is 5.11 Å². The molecule has 4 heteroatoms. The summed E-state index contributed by atoms with van der Waals surface area (Å²) < 4.78 is 0. The Bertz CT molecular complexity index is 655.